The fourth-order valence-corrected chi connectivity index (χ4v) is 2.50. The van der Waals surface area contributed by atoms with E-state index in [1.165, 1.54) is 0 Å². The Hall–Kier alpha value is -2.82. The van der Waals surface area contributed by atoms with Crippen molar-refractivity contribution in [2.75, 3.05) is 0 Å². The van der Waals surface area contributed by atoms with Gasteiger partial charge in [-0.1, -0.05) is 12.1 Å². The lowest BCUT2D eigenvalue weighted by molar-refractivity contribution is 0.194. The zero-order valence-corrected chi connectivity index (χ0v) is 11.6. The second-order valence-electron chi connectivity index (χ2n) is 4.89. The molecule has 21 heavy (non-hydrogen) atoms. The lowest BCUT2D eigenvalue weighted by atomic mass is 10.0. The predicted octanol–water partition coefficient (Wildman–Crippen LogP) is 3.01. The molecule has 0 saturated carbocycles. The quantitative estimate of drug-likeness (QED) is 0.775. The zero-order chi connectivity index (χ0) is 14.8. The number of hydrogen-bond donors (Lipinski definition) is 2. The maximum absolute atomic E-state index is 10.6. The molecule has 0 saturated heterocycles. The van der Waals surface area contributed by atoms with Gasteiger partial charge in [-0.05, 0) is 34.9 Å². The molecule has 0 atom stereocenters. The fraction of sp³-hybridized carbons (Fsp3) is 0.125. The molecule has 0 aliphatic rings. The number of amides is 1. The van der Waals surface area contributed by atoms with Crippen molar-refractivity contribution in [3.63, 3.8) is 0 Å². The highest BCUT2D eigenvalue weighted by molar-refractivity contribution is 5.88. The number of rotatable bonds is 3. The van der Waals surface area contributed by atoms with Crippen LogP contribution in [0.3, 0.4) is 0 Å². The van der Waals surface area contributed by atoms with E-state index in [0.717, 1.165) is 27.6 Å². The molecule has 5 heteroatoms. The Morgan fingerprint density at radius 1 is 1.24 bits per heavy atom. The van der Waals surface area contributed by atoms with Crippen LogP contribution >= 0.6 is 0 Å². The van der Waals surface area contributed by atoms with Crippen molar-refractivity contribution in [1.29, 1.82) is 0 Å². The Morgan fingerprint density at radius 2 is 2.00 bits per heavy atom. The number of benzene rings is 1. The van der Waals surface area contributed by atoms with Crippen LogP contribution in [0.25, 0.3) is 22.0 Å². The van der Waals surface area contributed by atoms with E-state index in [-0.39, 0.29) is 0 Å². The summed E-state index contributed by atoms with van der Waals surface area (Å²) in [6.45, 7) is 0.307. The highest BCUT2D eigenvalue weighted by Gasteiger charge is 2.09. The molecule has 0 bridgehead atoms. The van der Waals surface area contributed by atoms with Crippen molar-refractivity contribution in [3.05, 3.63) is 54.5 Å². The summed E-state index contributed by atoms with van der Waals surface area (Å²) >= 11 is 0. The Kier molecular flexibility index (Phi) is 3.31. The number of aryl methyl sites for hydroxylation is 1. The number of aromatic nitrogens is 2. The van der Waals surface area contributed by atoms with E-state index in [1.807, 2.05) is 42.1 Å². The smallest absolute Gasteiger partial charge is 0.404 e. The minimum absolute atomic E-state index is 0.307. The van der Waals surface area contributed by atoms with Gasteiger partial charge in [0.1, 0.15) is 0 Å². The first kappa shape index (κ1) is 13.2. The molecular weight excluding hydrogens is 266 g/mol. The summed E-state index contributed by atoms with van der Waals surface area (Å²) in [5.74, 6) is 0. The van der Waals surface area contributed by atoms with Crippen molar-refractivity contribution >= 4 is 17.0 Å². The molecule has 1 amide bonds. The third kappa shape index (κ3) is 2.58. The summed E-state index contributed by atoms with van der Waals surface area (Å²) in [6, 6.07) is 10.1. The lowest BCUT2D eigenvalue weighted by Gasteiger charge is -2.04. The van der Waals surface area contributed by atoms with Crippen LogP contribution in [0.2, 0.25) is 0 Å². The van der Waals surface area contributed by atoms with E-state index in [2.05, 4.69) is 16.4 Å². The predicted molar refractivity (Wildman–Crippen MR) is 81.0 cm³/mol. The Bertz CT molecular complexity index is 794. The Labute approximate surface area is 121 Å². The van der Waals surface area contributed by atoms with Gasteiger partial charge in [-0.3, -0.25) is 4.98 Å². The molecule has 0 fully saturated rings. The maximum Gasteiger partial charge on any atom is 0.404 e. The molecule has 3 rings (SSSR count). The SMILES string of the molecule is Cn1cc(CNC(=O)O)c2ccc(-c3ccncc3)cc21. The van der Waals surface area contributed by atoms with Crippen molar-refractivity contribution in [2.24, 2.45) is 7.05 Å². The van der Waals surface area contributed by atoms with Gasteiger partial charge in [0.2, 0.25) is 0 Å². The molecule has 0 aliphatic heterocycles. The van der Waals surface area contributed by atoms with Gasteiger partial charge in [0.25, 0.3) is 0 Å². The van der Waals surface area contributed by atoms with Crippen LogP contribution in [0, 0.1) is 0 Å². The van der Waals surface area contributed by atoms with E-state index in [4.69, 9.17) is 5.11 Å². The number of pyridine rings is 1. The first-order valence-corrected chi connectivity index (χ1v) is 6.60. The molecule has 0 spiro atoms. The summed E-state index contributed by atoms with van der Waals surface area (Å²) < 4.78 is 2.01. The van der Waals surface area contributed by atoms with E-state index in [9.17, 15) is 4.79 Å². The number of hydrogen-bond acceptors (Lipinski definition) is 2. The molecule has 1 aromatic carbocycles. The first-order chi connectivity index (χ1) is 10.1. The van der Waals surface area contributed by atoms with Crippen molar-refractivity contribution in [1.82, 2.24) is 14.9 Å². The maximum atomic E-state index is 10.6. The topological polar surface area (TPSA) is 67.2 Å². The van der Waals surface area contributed by atoms with Gasteiger partial charge >= 0.3 is 6.09 Å². The second-order valence-corrected chi connectivity index (χ2v) is 4.89. The molecule has 3 aromatic rings. The van der Waals surface area contributed by atoms with Crippen LogP contribution in [0.4, 0.5) is 4.79 Å². The molecule has 2 N–H and O–H groups in total. The molecule has 0 radical (unpaired) electrons. The molecule has 0 unspecified atom stereocenters. The Morgan fingerprint density at radius 3 is 2.71 bits per heavy atom. The van der Waals surface area contributed by atoms with Crippen LogP contribution in [0.15, 0.2) is 48.9 Å². The van der Waals surface area contributed by atoms with Gasteiger partial charge in [-0.2, -0.15) is 0 Å². The van der Waals surface area contributed by atoms with Gasteiger partial charge in [0, 0.05) is 43.1 Å². The third-order valence-electron chi connectivity index (χ3n) is 3.52. The molecule has 2 heterocycles. The highest BCUT2D eigenvalue weighted by Crippen LogP contribution is 2.27. The number of carboxylic acid groups (broad SMARTS) is 1. The zero-order valence-electron chi connectivity index (χ0n) is 11.6. The molecule has 2 aromatic heterocycles. The van der Waals surface area contributed by atoms with Crippen LogP contribution in [0.1, 0.15) is 5.56 Å². The lowest BCUT2D eigenvalue weighted by Crippen LogP contribution is -2.19. The normalized spacial score (nSPS) is 10.7. The van der Waals surface area contributed by atoms with Crippen LogP contribution in [-0.4, -0.2) is 20.8 Å². The number of nitrogens with one attached hydrogen (secondary N) is 1. The number of nitrogens with zero attached hydrogens (tertiary/aromatic N) is 2. The number of fused-ring (bicyclic) bond motifs is 1. The van der Waals surface area contributed by atoms with Gasteiger partial charge in [-0.15, -0.1) is 0 Å². The van der Waals surface area contributed by atoms with Gasteiger partial charge < -0.3 is 15.0 Å². The molecular formula is C16H15N3O2. The van der Waals surface area contributed by atoms with E-state index in [1.54, 1.807) is 12.4 Å². The first-order valence-electron chi connectivity index (χ1n) is 6.60. The standard InChI is InChI=1S/C16H15N3O2/c1-19-10-13(9-18-16(20)21)14-3-2-12(8-15(14)19)11-4-6-17-7-5-11/h2-8,10,18H,9H2,1H3,(H,20,21). The molecule has 0 aliphatic carbocycles. The average molecular weight is 281 g/mol. The van der Waals surface area contributed by atoms with E-state index >= 15 is 0 Å². The highest BCUT2D eigenvalue weighted by atomic mass is 16.4. The second kappa shape index (κ2) is 5.28. The van der Waals surface area contributed by atoms with Crippen LogP contribution < -0.4 is 5.32 Å². The van der Waals surface area contributed by atoms with E-state index < -0.39 is 6.09 Å². The third-order valence-corrected chi connectivity index (χ3v) is 3.52. The summed E-state index contributed by atoms with van der Waals surface area (Å²) in [5.41, 5.74) is 4.27. The van der Waals surface area contributed by atoms with Gasteiger partial charge in [0.15, 0.2) is 0 Å². The van der Waals surface area contributed by atoms with Crippen LogP contribution in [-0.2, 0) is 13.6 Å². The van der Waals surface area contributed by atoms with Crippen LogP contribution in [0.5, 0.6) is 0 Å². The molecule has 5 nitrogen and oxygen atoms in total. The average Bonchev–Trinajstić information content (AvgIpc) is 2.82. The minimum atomic E-state index is -1.01. The summed E-state index contributed by atoms with van der Waals surface area (Å²) in [6.07, 6.45) is 4.48. The minimum Gasteiger partial charge on any atom is -0.465 e. The Balaban J connectivity index is 2.03. The van der Waals surface area contributed by atoms with Crippen molar-refractivity contribution < 1.29 is 9.90 Å². The van der Waals surface area contributed by atoms with Gasteiger partial charge in [-0.25, -0.2) is 4.79 Å². The van der Waals surface area contributed by atoms with Crippen molar-refractivity contribution in [3.8, 4) is 11.1 Å². The summed E-state index contributed by atoms with van der Waals surface area (Å²) in [7, 11) is 1.96. The largest absolute Gasteiger partial charge is 0.465 e. The van der Waals surface area contributed by atoms with Gasteiger partial charge in [0.05, 0.1) is 0 Å². The van der Waals surface area contributed by atoms with E-state index in [0.29, 0.717) is 6.54 Å². The fourth-order valence-electron chi connectivity index (χ4n) is 2.50. The van der Waals surface area contributed by atoms with Crippen molar-refractivity contribution in [2.45, 2.75) is 6.54 Å². The monoisotopic (exact) mass is 281 g/mol. The number of carbonyl (C=O) groups is 1. The summed E-state index contributed by atoms with van der Waals surface area (Å²) in [4.78, 5) is 14.7. The summed E-state index contributed by atoms with van der Waals surface area (Å²) in [5, 5.41) is 12.2. The molecule has 106 valence electrons.